The Kier molecular flexibility index (Phi) is 6.93. The minimum atomic E-state index is 0.197. The Morgan fingerprint density at radius 2 is 2.11 bits per heavy atom. The SMILES string of the molecule is CNC(CSCCO)c1ccc(OC)cc1OC. The molecule has 0 amide bonds. The van der Waals surface area contributed by atoms with Crippen LogP contribution in [-0.2, 0) is 0 Å². The fourth-order valence-electron chi connectivity index (χ4n) is 1.70. The first kappa shape index (κ1) is 15.1. The molecule has 1 unspecified atom stereocenters. The van der Waals surface area contributed by atoms with Crippen LogP contribution in [0.15, 0.2) is 18.2 Å². The van der Waals surface area contributed by atoms with Crippen molar-refractivity contribution in [2.45, 2.75) is 6.04 Å². The highest BCUT2D eigenvalue weighted by molar-refractivity contribution is 7.99. The maximum atomic E-state index is 8.81. The predicted octanol–water partition coefficient (Wildman–Crippen LogP) is 1.69. The monoisotopic (exact) mass is 271 g/mol. The Balaban J connectivity index is 2.83. The molecule has 5 heteroatoms. The minimum absolute atomic E-state index is 0.197. The Morgan fingerprint density at radius 3 is 2.67 bits per heavy atom. The number of aliphatic hydroxyl groups excluding tert-OH is 1. The summed E-state index contributed by atoms with van der Waals surface area (Å²) in [7, 11) is 5.22. The normalized spacial score (nSPS) is 12.2. The molecule has 1 rings (SSSR count). The molecule has 1 aromatic carbocycles. The van der Waals surface area contributed by atoms with Crippen molar-refractivity contribution >= 4 is 11.8 Å². The van der Waals surface area contributed by atoms with Crippen LogP contribution in [0.4, 0.5) is 0 Å². The van der Waals surface area contributed by atoms with Gasteiger partial charge in [-0.05, 0) is 13.1 Å². The van der Waals surface area contributed by atoms with Crippen molar-refractivity contribution < 1.29 is 14.6 Å². The van der Waals surface area contributed by atoms with Gasteiger partial charge in [0.1, 0.15) is 11.5 Å². The average molecular weight is 271 g/mol. The lowest BCUT2D eigenvalue weighted by Crippen LogP contribution is -2.20. The molecule has 0 saturated carbocycles. The fraction of sp³-hybridized carbons (Fsp3) is 0.538. The standard InChI is InChI=1S/C13H21NO3S/c1-14-12(9-18-7-6-15)11-5-4-10(16-2)8-13(11)17-3/h4-5,8,12,14-15H,6-7,9H2,1-3H3. The van der Waals surface area contributed by atoms with Gasteiger partial charge < -0.3 is 19.9 Å². The molecule has 1 atom stereocenters. The third-order valence-corrected chi connectivity index (χ3v) is 3.72. The maximum Gasteiger partial charge on any atom is 0.127 e. The fourth-order valence-corrected chi connectivity index (χ4v) is 2.58. The summed E-state index contributed by atoms with van der Waals surface area (Å²) in [5.41, 5.74) is 1.10. The number of hydrogen-bond donors (Lipinski definition) is 2. The van der Waals surface area contributed by atoms with Crippen LogP contribution in [0.5, 0.6) is 11.5 Å². The van der Waals surface area contributed by atoms with Gasteiger partial charge in [0.15, 0.2) is 0 Å². The summed E-state index contributed by atoms with van der Waals surface area (Å²) < 4.78 is 10.6. The molecule has 0 aliphatic rings. The van der Waals surface area contributed by atoms with Gasteiger partial charge in [0, 0.05) is 29.2 Å². The molecular formula is C13H21NO3S. The topological polar surface area (TPSA) is 50.7 Å². The zero-order chi connectivity index (χ0) is 13.4. The summed E-state index contributed by atoms with van der Waals surface area (Å²) in [5.74, 6) is 3.24. The summed E-state index contributed by atoms with van der Waals surface area (Å²) in [6.07, 6.45) is 0. The number of ether oxygens (including phenoxy) is 2. The summed E-state index contributed by atoms with van der Waals surface area (Å²) in [4.78, 5) is 0. The van der Waals surface area contributed by atoms with Crippen molar-refractivity contribution in [2.75, 3.05) is 39.4 Å². The zero-order valence-corrected chi connectivity index (χ0v) is 11.9. The summed E-state index contributed by atoms with van der Waals surface area (Å²) in [6.45, 7) is 0.209. The number of benzene rings is 1. The van der Waals surface area contributed by atoms with Crippen molar-refractivity contribution in [2.24, 2.45) is 0 Å². The van der Waals surface area contributed by atoms with E-state index in [9.17, 15) is 0 Å². The van der Waals surface area contributed by atoms with Gasteiger partial charge in [-0.3, -0.25) is 0 Å². The van der Waals surface area contributed by atoms with Gasteiger partial charge in [-0.1, -0.05) is 6.07 Å². The van der Waals surface area contributed by atoms with Crippen LogP contribution in [-0.4, -0.2) is 44.5 Å². The van der Waals surface area contributed by atoms with E-state index >= 15 is 0 Å². The molecule has 0 heterocycles. The lowest BCUT2D eigenvalue weighted by Gasteiger charge is -2.19. The largest absolute Gasteiger partial charge is 0.497 e. The van der Waals surface area contributed by atoms with E-state index in [-0.39, 0.29) is 12.6 Å². The molecule has 4 nitrogen and oxygen atoms in total. The highest BCUT2D eigenvalue weighted by atomic mass is 32.2. The minimum Gasteiger partial charge on any atom is -0.497 e. The number of rotatable bonds is 8. The highest BCUT2D eigenvalue weighted by Gasteiger charge is 2.15. The predicted molar refractivity (Wildman–Crippen MR) is 75.8 cm³/mol. The van der Waals surface area contributed by atoms with Gasteiger partial charge >= 0.3 is 0 Å². The van der Waals surface area contributed by atoms with Crippen LogP contribution in [0.1, 0.15) is 11.6 Å². The van der Waals surface area contributed by atoms with Crippen LogP contribution >= 0.6 is 11.8 Å². The number of thioether (sulfide) groups is 1. The third kappa shape index (κ3) is 4.08. The molecule has 2 N–H and O–H groups in total. The Labute approximate surface area is 113 Å². The van der Waals surface area contributed by atoms with Crippen molar-refractivity contribution in [3.8, 4) is 11.5 Å². The van der Waals surface area contributed by atoms with E-state index in [4.69, 9.17) is 14.6 Å². The van der Waals surface area contributed by atoms with Crippen LogP contribution in [0.3, 0.4) is 0 Å². The van der Waals surface area contributed by atoms with Crippen molar-refractivity contribution in [3.63, 3.8) is 0 Å². The molecule has 0 aliphatic heterocycles. The van der Waals surface area contributed by atoms with E-state index in [1.54, 1.807) is 26.0 Å². The average Bonchev–Trinajstić information content (AvgIpc) is 2.43. The first-order valence-electron chi connectivity index (χ1n) is 5.84. The van der Waals surface area contributed by atoms with Gasteiger partial charge in [0.25, 0.3) is 0 Å². The zero-order valence-electron chi connectivity index (χ0n) is 11.1. The molecular weight excluding hydrogens is 250 g/mol. The second-order valence-electron chi connectivity index (χ2n) is 3.75. The van der Waals surface area contributed by atoms with Crippen molar-refractivity contribution in [1.29, 1.82) is 0 Å². The number of aliphatic hydroxyl groups is 1. The van der Waals surface area contributed by atoms with Crippen LogP contribution < -0.4 is 14.8 Å². The van der Waals surface area contributed by atoms with E-state index in [1.807, 2.05) is 25.2 Å². The van der Waals surface area contributed by atoms with Crippen LogP contribution in [0.25, 0.3) is 0 Å². The molecule has 0 saturated heterocycles. The smallest absolute Gasteiger partial charge is 0.127 e. The third-order valence-electron chi connectivity index (χ3n) is 2.68. The number of methoxy groups -OCH3 is 2. The molecule has 1 aromatic rings. The van der Waals surface area contributed by atoms with E-state index in [1.165, 1.54) is 0 Å². The van der Waals surface area contributed by atoms with E-state index in [0.29, 0.717) is 0 Å². The van der Waals surface area contributed by atoms with E-state index in [0.717, 1.165) is 28.6 Å². The molecule has 0 aliphatic carbocycles. The summed E-state index contributed by atoms with van der Waals surface area (Å²) >= 11 is 1.71. The molecule has 0 bridgehead atoms. The second-order valence-corrected chi connectivity index (χ2v) is 4.90. The summed E-state index contributed by atoms with van der Waals surface area (Å²) in [6, 6.07) is 6.02. The molecule has 0 aromatic heterocycles. The first-order valence-corrected chi connectivity index (χ1v) is 7.00. The highest BCUT2D eigenvalue weighted by Crippen LogP contribution is 2.30. The van der Waals surface area contributed by atoms with Gasteiger partial charge in [0.2, 0.25) is 0 Å². The Bertz CT molecular complexity index is 360. The first-order chi connectivity index (χ1) is 8.76. The van der Waals surface area contributed by atoms with Gasteiger partial charge in [0.05, 0.1) is 20.8 Å². The number of hydrogen-bond acceptors (Lipinski definition) is 5. The van der Waals surface area contributed by atoms with Crippen molar-refractivity contribution in [3.05, 3.63) is 23.8 Å². The van der Waals surface area contributed by atoms with Crippen LogP contribution in [0, 0.1) is 0 Å². The van der Waals surface area contributed by atoms with Crippen LogP contribution in [0.2, 0.25) is 0 Å². The Morgan fingerprint density at radius 1 is 1.33 bits per heavy atom. The molecule has 0 spiro atoms. The van der Waals surface area contributed by atoms with Gasteiger partial charge in [-0.2, -0.15) is 11.8 Å². The van der Waals surface area contributed by atoms with Crippen molar-refractivity contribution in [1.82, 2.24) is 5.32 Å². The lowest BCUT2D eigenvalue weighted by molar-refractivity contribution is 0.322. The van der Waals surface area contributed by atoms with Gasteiger partial charge in [-0.15, -0.1) is 0 Å². The van der Waals surface area contributed by atoms with Gasteiger partial charge in [-0.25, -0.2) is 0 Å². The van der Waals surface area contributed by atoms with E-state index in [2.05, 4.69) is 5.32 Å². The molecule has 102 valence electrons. The maximum absolute atomic E-state index is 8.81. The number of nitrogens with one attached hydrogen (secondary N) is 1. The second kappa shape index (κ2) is 8.24. The Hall–Kier alpha value is -0.910. The molecule has 0 fully saturated rings. The molecule has 18 heavy (non-hydrogen) atoms. The lowest BCUT2D eigenvalue weighted by atomic mass is 10.1. The van der Waals surface area contributed by atoms with E-state index < -0.39 is 0 Å². The summed E-state index contributed by atoms with van der Waals surface area (Å²) in [5, 5.41) is 12.1. The molecule has 0 radical (unpaired) electrons. The quantitative estimate of drug-likeness (QED) is 0.705.